The molecule has 0 radical (unpaired) electrons. The standard InChI is InChI=1S/C22H27N3O2/c1-3-17-8-4-5-10-20(17)24-22(27)25-13-11-19(12-14-25)23-21(26)18-9-6-7-16(2)15-18/h4-10,15,19H,3,11-14H2,1-2H3,(H,23,26)(H,24,27). The Balaban J connectivity index is 1.51. The van der Waals surface area contributed by atoms with Crippen molar-refractivity contribution in [2.45, 2.75) is 39.2 Å². The first-order valence-electron chi connectivity index (χ1n) is 9.58. The van der Waals surface area contributed by atoms with E-state index in [1.165, 1.54) is 0 Å². The molecule has 2 N–H and O–H groups in total. The number of hydrogen-bond acceptors (Lipinski definition) is 2. The Hall–Kier alpha value is -2.82. The molecule has 0 aromatic heterocycles. The van der Waals surface area contributed by atoms with Gasteiger partial charge in [-0.3, -0.25) is 4.79 Å². The number of benzene rings is 2. The molecule has 0 unspecified atom stereocenters. The second-order valence-corrected chi connectivity index (χ2v) is 7.05. The van der Waals surface area contributed by atoms with Gasteiger partial charge in [0.15, 0.2) is 0 Å². The van der Waals surface area contributed by atoms with Crippen LogP contribution in [0.1, 0.15) is 41.3 Å². The van der Waals surface area contributed by atoms with Crippen molar-refractivity contribution in [2.24, 2.45) is 0 Å². The number of carbonyl (C=O) groups excluding carboxylic acids is 2. The summed E-state index contributed by atoms with van der Waals surface area (Å²) in [6, 6.07) is 15.5. The highest BCUT2D eigenvalue weighted by Gasteiger charge is 2.24. The van der Waals surface area contributed by atoms with Crippen molar-refractivity contribution in [1.82, 2.24) is 10.2 Å². The fraction of sp³-hybridized carbons (Fsp3) is 0.364. The molecule has 0 aliphatic carbocycles. The van der Waals surface area contributed by atoms with Gasteiger partial charge in [0, 0.05) is 30.4 Å². The van der Waals surface area contributed by atoms with E-state index < -0.39 is 0 Å². The van der Waals surface area contributed by atoms with Gasteiger partial charge in [-0.05, 0) is 49.9 Å². The van der Waals surface area contributed by atoms with Gasteiger partial charge in [0.1, 0.15) is 0 Å². The van der Waals surface area contributed by atoms with Gasteiger partial charge >= 0.3 is 6.03 Å². The van der Waals surface area contributed by atoms with E-state index in [0.29, 0.717) is 18.7 Å². The zero-order valence-corrected chi connectivity index (χ0v) is 16.0. The topological polar surface area (TPSA) is 61.4 Å². The van der Waals surface area contributed by atoms with Crippen molar-refractivity contribution in [1.29, 1.82) is 0 Å². The van der Waals surface area contributed by atoms with Crippen molar-refractivity contribution in [3.63, 3.8) is 0 Å². The molecule has 2 aromatic carbocycles. The van der Waals surface area contributed by atoms with Crippen LogP contribution in [0.4, 0.5) is 10.5 Å². The summed E-state index contributed by atoms with van der Waals surface area (Å²) in [5.74, 6) is -0.0431. The summed E-state index contributed by atoms with van der Waals surface area (Å²) in [6.07, 6.45) is 2.41. The summed E-state index contributed by atoms with van der Waals surface area (Å²) in [6.45, 7) is 5.33. The molecule has 3 rings (SSSR count). The largest absolute Gasteiger partial charge is 0.349 e. The van der Waals surface area contributed by atoms with E-state index >= 15 is 0 Å². The van der Waals surface area contributed by atoms with Crippen molar-refractivity contribution < 1.29 is 9.59 Å². The average Bonchev–Trinajstić information content (AvgIpc) is 2.69. The summed E-state index contributed by atoms with van der Waals surface area (Å²) in [5, 5.41) is 6.11. The third-order valence-electron chi connectivity index (χ3n) is 5.04. The van der Waals surface area contributed by atoms with Gasteiger partial charge in [-0.2, -0.15) is 0 Å². The van der Waals surface area contributed by atoms with Crippen molar-refractivity contribution in [2.75, 3.05) is 18.4 Å². The van der Waals surface area contributed by atoms with E-state index in [1.54, 1.807) is 0 Å². The van der Waals surface area contributed by atoms with Crippen LogP contribution in [0.3, 0.4) is 0 Å². The van der Waals surface area contributed by atoms with Gasteiger partial charge in [0.2, 0.25) is 0 Å². The van der Waals surface area contributed by atoms with Crippen LogP contribution in [-0.2, 0) is 6.42 Å². The first kappa shape index (κ1) is 19.0. The Morgan fingerprint density at radius 1 is 1.07 bits per heavy atom. The molecule has 1 aliphatic rings. The quantitative estimate of drug-likeness (QED) is 0.861. The third kappa shape index (κ3) is 4.88. The highest BCUT2D eigenvalue weighted by molar-refractivity contribution is 5.94. The first-order valence-corrected chi connectivity index (χ1v) is 9.58. The molecular weight excluding hydrogens is 338 g/mol. The minimum absolute atomic E-state index is 0.0431. The lowest BCUT2D eigenvalue weighted by molar-refractivity contribution is 0.0919. The average molecular weight is 365 g/mol. The highest BCUT2D eigenvalue weighted by Crippen LogP contribution is 2.18. The van der Waals surface area contributed by atoms with Crippen LogP contribution in [0.15, 0.2) is 48.5 Å². The summed E-state index contributed by atoms with van der Waals surface area (Å²) in [7, 11) is 0. The maximum Gasteiger partial charge on any atom is 0.321 e. The predicted octanol–water partition coefficient (Wildman–Crippen LogP) is 3.98. The maximum absolute atomic E-state index is 12.6. The number of hydrogen-bond donors (Lipinski definition) is 2. The molecule has 0 bridgehead atoms. The van der Waals surface area contributed by atoms with Crippen LogP contribution in [0.5, 0.6) is 0 Å². The lowest BCUT2D eigenvalue weighted by Gasteiger charge is -2.32. The summed E-state index contributed by atoms with van der Waals surface area (Å²) in [5.41, 5.74) is 3.76. The van der Waals surface area contributed by atoms with E-state index in [4.69, 9.17) is 0 Å². The Morgan fingerprint density at radius 3 is 2.52 bits per heavy atom. The molecule has 1 fully saturated rings. The van der Waals surface area contributed by atoms with Crippen LogP contribution in [-0.4, -0.2) is 36.0 Å². The lowest BCUT2D eigenvalue weighted by atomic mass is 10.0. The smallest absolute Gasteiger partial charge is 0.321 e. The monoisotopic (exact) mass is 365 g/mol. The van der Waals surface area contributed by atoms with Crippen molar-refractivity contribution in [3.05, 3.63) is 65.2 Å². The first-order chi connectivity index (χ1) is 13.1. The molecule has 142 valence electrons. The van der Waals surface area contributed by atoms with Gasteiger partial charge in [0.25, 0.3) is 5.91 Å². The zero-order valence-electron chi connectivity index (χ0n) is 16.0. The molecule has 0 saturated carbocycles. The number of amides is 3. The van der Waals surface area contributed by atoms with E-state index in [2.05, 4.69) is 17.6 Å². The van der Waals surface area contributed by atoms with E-state index in [0.717, 1.165) is 36.1 Å². The van der Waals surface area contributed by atoms with Crippen LogP contribution >= 0.6 is 0 Å². The number of piperidine rings is 1. The van der Waals surface area contributed by atoms with E-state index in [-0.39, 0.29) is 18.0 Å². The number of nitrogens with one attached hydrogen (secondary N) is 2. The Kier molecular flexibility index (Phi) is 6.12. The number of aryl methyl sites for hydroxylation is 2. The number of nitrogens with zero attached hydrogens (tertiary/aromatic N) is 1. The second-order valence-electron chi connectivity index (χ2n) is 7.05. The number of likely N-dealkylation sites (tertiary alicyclic amines) is 1. The predicted molar refractivity (Wildman–Crippen MR) is 108 cm³/mol. The fourth-order valence-corrected chi connectivity index (χ4v) is 3.43. The number of carbonyl (C=O) groups is 2. The molecule has 0 spiro atoms. The Labute approximate surface area is 160 Å². The van der Waals surface area contributed by atoms with Crippen molar-refractivity contribution in [3.8, 4) is 0 Å². The Morgan fingerprint density at radius 2 is 1.81 bits per heavy atom. The molecule has 2 aromatic rings. The van der Waals surface area contributed by atoms with Gasteiger partial charge in [-0.15, -0.1) is 0 Å². The number of para-hydroxylation sites is 1. The van der Waals surface area contributed by atoms with Crippen LogP contribution in [0.25, 0.3) is 0 Å². The van der Waals surface area contributed by atoms with Crippen LogP contribution in [0.2, 0.25) is 0 Å². The molecule has 1 heterocycles. The lowest BCUT2D eigenvalue weighted by Crippen LogP contribution is -2.47. The summed E-state index contributed by atoms with van der Waals surface area (Å²) < 4.78 is 0. The van der Waals surface area contributed by atoms with Crippen molar-refractivity contribution >= 4 is 17.6 Å². The SMILES string of the molecule is CCc1ccccc1NC(=O)N1CCC(NC(=O)c2cccc(C)c2)CC1. The van der Waals surface area contributed by atoms with Gasteiger partial charge in [-0.1, -0.05) is 42.8 Å². The normalized spacial score (nSPS) is 14.7. The molecule has 0 atom stereocenters. The van der Waals surface area contributed by atoms with Crippen LogP contribution < -0.4 is 10.6 Å². The number of urea groups is 1. The fourth-order valence-electron chi connectivity index (χ4n) is 3.43. The van der Waals surface area contributed by atoms with E-state index in [9.17, 15) is 9.59 Å². The molecule has 27 heavy (non-hydrogen) atoms. The maximum atomic E-state index is 12.6. The third-order valence-corrected chi connectivity index (χ3v) is 5.04. The summed E-state index contributed by atoms with van der Waals surface area (Å²) >= 11 is 0. The van der Waals surface area contributed by atoms with Gasteiger partial charge < -0.3 is 15.5 Å². The molecule has 1 saturated heterocycles. The minimum Gasteiger partial charge on any atom is -0.349 e. The minimum atomic E-state index is -0.0700. The van der Waals surface area contributed by atoms with Crippen LogP contribution in [0, 0.1) is 6.92 Å². The van der Waals surface area contributed by atoms with Gasteiger partial charge in [0.05, 0.1) is 0 Å². The van der Waals surface area contributed by atoms with Gasteiger partial charge in [-0.25, -0.2) is 4.79 Å². The summed E-state index contributed by atoms with van der Waals surface area (Å²) in [4.78, 5) is 26.8. The second kappa shape index (κ2) is 8.71. The highest BCUT2D eigenvalue weighted by atomic mass is 16.2. The zero-order chi connectivity index (χ0) is 19.2. The molecular formula is C22H27N3O2. The molecule has 3 amide bonds. The molecule has 1 aliphatic heterocycles. The van der Waals surface area contributed by atoms with E-state index in [1.807, 2.05) is 60.4 Å². The molecule has 5 heteroatoms. The Bertz CT molecular complexity index is 811. The number of anilines is 1. The number of rotatable bonds is 4. The molecule has 5 nitrogen and oxygen atoms in total.